The molecule has 0 saturated carbocycles. The lowest BCUT2D eigenvalue weighted by atomic mass is 10.2. The average Bonchev–Trinajstić information content (AvgIpc) is 1.57. The lowest BCUT2D eigenvalue weighted by molar-refractivity contribution is 0.0600. The molecule has 0 atom stereocenters. The van der Waals surface area contributed by atoms with Gasteiger partial charge in [-0.2, -0.15) is 0 Å². The molecule has 0 aliphatic carbocycles. The highest BCUT2D eigenvalue weighted by molar-refractivity contribution is 5.65. The van der Waals surface area contributed by atoms with Gasteiger partial charge in [-0.15, -0.1) is 0 Å². The molecule has 70 valence electrons. The Morgan fingerprint density at radius 3 is 1.73 bits per heavy atom. The number of primary amides is 1. The molecular formula is C8H21NO2. The maximum Gasteiger partial charge on any atom is 0.405 e. The molecule has 0 spiro atoms. The second kappa shape index (κ2) is 6.01. The van der Waals surface area contributed by atoms with E-state index in [1.165, 1.54) is 6.42 Å². The Morgan fingerprint density at radius 1 is 1.45 bits per heavy atom. The standard InChI is InChI=1S/C5H11NO2.C3H8.H2/c1-5(2,3)8-4(6)7;1-3-2;/h1-3H3,(H2,6,7);3H2,1-2H3;1H. The van der Waals surface area contributed by atoms with Gasteiger partial charge in [-0.25, -0.2) is 4.79 Å². The van der Waals surface area contributed by atoms with Crippen molar-refractivity contribution in [3.05, 3.63) is 0 Å². The predicted molar refractivity (Wildman–Crippen MR) is 48.5 cm³/mol. The van der Waals surface area contributed by atoms with E-state index in [-0.39, 0.29) is 1.43 Å². The number of carbonyl (C=O) groups is 1. The first kappa shape index (κ1) is 12.9. The highest BCUT2D eigenvalue weighted by Gasteiger charge is 2.12. The minimum absolute atomic E-state index is 0. The molecule has 0 fully saturated rings. The number of hydrogen-bond acceptors (Lipinski definition) is 2. The van der Waals surface area contributed by atoms with Gasteiger partial charge in [0.15, 0.2) is 0 Å². The van der Waals surface area contributed by atoms with E-state index in [9.17, 15) is 4.79 Å². The Morgan fingerprint density at radius 2 is 1.73 bits per heavy atom. The van der Waals surface area contributed by atoms with Crippen molar-refractivity contribution < 1.29 is 11.0 Å². The van der Waals surface area contributed by atoms with Gasteiger partial charge in [-0.1, -0.05) is 20.3 Å². The van der Waals surface area contributed by atoms with E-state index in [1.54, 1.807) is 20.8 Å². The molecule has 0 radical (unpaired) electrons. The molecule has 3 heteroatoms. The van der Waals surface area contributed by atoms with Gasteiger partial charge in [0.25, 0.3) is 0 Å². The highest BCUT2D eigenvalue weighted by Crippen LogP contribution is 2.04. The average molecular weight is 163 g/mol. The van der Waals surface area contributed by atoms with E-state index in [2.05, 4.69) is 18.6 Å². The molecule has 0 aliphatic heterocycles. The van der Waals surface area contributed by atoms with E-state index in [4.69, 9.17) is 5.73 Å². The molecule has 3 nitrogen and oxygen atoms in total. The Hall–Kier alpha value is -0.730. The van der Waals surface area contributed by atoms with Crippen LogP contribution in [0.4, 0.5) is 4.79 Å². The van der Waals surface area contributed by atoms with Crippen LogP contribution >= 0.6 is 0 Å². The van der Waals surface area contributed by atoms with Crippen molar-refractivity contribution in [1.82, 2.24) is 0 Å². The molecule has 0 rings (SSSR count). The van der Waals surface area contributed by atoms with Crippen molar-refractivity contribution in [2.45, 2.75) is 46.6 Å². The van der Waals surface area contributed by atoms with Crippen LogP contribution in [0.25, 0.3) is 0 Å². The summed E-state index contributed by atoms with van der Waals surface area (Å²) in [6.45, 7) is 9.54. The zero-order valence-electron chi connectivity index (χ0n) is 8.10. The minimum atomic E-state index is -0.725. The van der Waals surface area contributed by atoms with E-state index in [0.29, 0.717) is 0 Å². The fourth-order valence-electron chi connectivity index (χ4n) is 0.302. The molecule has 0 aromatic heterocycles. The fraction of sp³-hybridized carbons (Fsp3) is 0.875. The highest BCUT2D eigenvalue weighted by atomic mass is 16.6. The summed E-state index contributed by atoms with van der Waals surface area (Å²) < 4.78 is 4.58. The van der Waals surface area contributed by atoms with Crippen molar-refractivity contribution >= 4 is 6.09 Å². The van der Waals surface area contributed by atoms with Crippen LogP contribution in [-0.4, -0.2) is 11.7 Å². The van der Waals surface area contributed by atoms with Gasteiger partial charge in [0.1, 0.15) is 5.60 Å². The normalized spacial score (nSPS) is 9.55. The maximum absolute atomic E-state index is 10.0. The second-order valence-corrected chi connectivity index (χ2v) is 3.24. The van der Waals surface area contributed by atoms with Crippen molar-refractivity contribution in [2.24, 2.45) is 5.73 Å². The molecule has 2 N–H and O–H groups in total. The van der Waals surface area contributed by atoms with E-state index in [0.717, 1.165) is 0 Å². The van der Waals surface area contributed by atoms with Crippen LogP contribution in [-0.2, 0) is 4.74 Å². The first-order valence-electron chi connectivity index (χ1n) is 3.82. The van der Waals surface area contributed by atoms with Crippen LogP contribution in [0.15, 0.2) is 0 Å². The van der Waals surface area contributed by atoms with Gasteiger partial charge >= 0.3 is 6.09 Å². The molecular weight excluding hydrogens is 142 g/mol. The molecule has 0 aromatic carbocycles. The van der Waals surface area contributed by atoms with Gasteiger partial charge in [-0.3, -0.25) is 0 Å². The van der Waals surface area contributed by atoms with Gasteiger partial charge in [0.2, 0.25) is 0 Å². The van der Waals surface area contributed by atoms with Crippen LogP contribution in [0.3, 0.4) is 0 Å². The van der Waals surface area contributed by atoms with Crippen molar-refractivity contribution in [3.63, 3.8) is 0 Å². The number of rotatable bonds is 0. The summed E-state index contributed by atoms with van der Waals surface area (Å²) in [6.07, 6.45) is 0.525. The minimum Gasteiger partial charge on any atom is -0.444 e. The lowest BCUT2D eigenvalue weighted by Gasteiger charge is -2.16. The quantitative estimate of drug-likeness (QED) is 0.596. The Kier molecular flexibility index (Phi) is 7.05. The Bertz CT molecular complexity index is 110. The first-order chi connectivity index (χ1) is 4.83. The number of carbonyl (C=O) groups excluding carboxylic acids is 1. The molecule has 1 amide bonds. The second-order valence-electron chi connectivity index (χ2n) is 3.24. The first-order valence-corrected chi connectivity index (χ1v) is 3.82. The largest absolute Gasteiger partial charge is 0.444 e. The summed E-state index contributed by atoms with van der Waals surface area (Å²) in [5, 5.41) is 0. The lowest BCUT2D eigenvalue weighted by Crippen LogP contribution is -2.27. The van der Waals surface area contributed by atoms with Gasteiger partial charge < -0.3 is 10.5 Å². The van der Waals surface area contributed by atoms with Crippen molar-refractivity contribution in [2.75, 3.05) is 0 Å². The summed E-state index contributed by atoms with van der Waals surface area (Å²) in [5.41, 5.74) is 4.26. The van der Waals surface area contributed by atoms with Gasteiger partial charge in [0.05, 0.1) is 0 Å². The van der Waals surface area contributed by atoms with Crippen molar-refractivity contribution in [3.8, 4) is 0 Å². The SMILES string of the molecule is CC(C)(C)OC(N)=O.CCC.[HH]. The maximum atomic E-state index is 10.0. The summed E-state index contributed by atoms with van der Waals surface area (Å²) in [6, 6.07) is 0. The third-order valence-corrected chi connectivity index (χ3v) is 0.407. The monoisotopic (exact) mass is 163 g/mol. The molecule has 11 heavy (non-hydrogen) atoms. The molecule has 0 bridgehead atoms. The molecule has 0 heterocycles. The van der Waals surface area contributed by atoms with Crippen LogP contribution < -0.4 is 5.73 Å². The summed E-state index contributed by atoms with van der Waals surface area (Å²) in [4.78, 5) is 10.0. The summed E-state index contributed by atoms with van der Waals surface area (Å²) >= 11 is 0. The smallest absolute Gasteiger partial charge is 0.405 e. The van der Waals surface area contributed by atoms with Crippen molar-refractivity contribution in [1.29, 1.82) is 0 Å². The van der Waals surface area contributed by atoms with Crippen LogP contribution in [0.2, 0.25) is 0 Å². The Balaban J connectivity index is -0.000000177. The van der Waals surface area contributed by atoms with E-state index in [1.807, 2.05) is 0 Å². The zero-order chi connectivity index (χ0) is 9.49. The fourth-order valence-corrected chi connectivity index (χ4v) is 0.302. The molecule has 0 aliphatic rings. The Labute approximate surface area is 70.4 Å². The molecule has 0 unspecified atom stereocenters. The predicted octanol–water partition coefficient (Wildman–Crippen LogP) is 2.54. The third-order valence-electron chi connectivity index (χ3n) is 0.407. The zero-order valence-corrected chi connectivity index (χ0v) is 8.10. The molecule has 0 aromatic rings. The van der Waals surface area contributed by atoms with E-state index < -0.39 is 11.7 Å². The number of hydrogen-bond donors (Lipinski definition) is 1. The van der Waals surface area contributed by atoms with Gasteiger partial charge in [-0.05, 0) is 20.8 Å². The number of ether oxygens (including phenoxy) is 1. The van der Waals surface area contributed by atoms with Crippen LogP contribution in [0.5, 0.6) is 0 Å². The third kappa shape index (κ3) is 26.9. The van der Waals surface area contributed by atoms with E-state index >= 15 is 0 Å². The summed E-state index contributed by atoms with van der Waals surface area (Å²) in [5.74, 6) is 0. The number of amides is 1. The summed E-state index contributed by atoms with van der Waals surface area (Å²) in [7, 11) is 0. The molecule has 0 saturated heterocycles. The topological polar surface area (TPSA) is 52.3 Å². The van der Waals surface area contributed by atoms with Crippen LogP contribution in [0.1, 0.15) is 42.5 Å². The van der Waals surface area contributed by atoms with Crippen LogP contribution in [0, 0.1) is 0 Å². The number of nitrogens with two attached hydrogens (primary N) is 1. The van der Waals surface area contributed by atoms with Gasteiger partial charge in [0, 0.05) is 1.43 Å².